The molecule has 2 rings (SSSR count). The Bertz CT molecular complexity index is 425. The number of nitrogens with one attached hydrogen (secondary N) is 1. The Labute approximate surface area is 115 Å². The summed E-state index contributed by atoms with van der Waals surface area (Å²) in [6.45, 7) is 3.94. The summed E-state index contributed by atoms with van der Waals surface area (Å²) in [5.74, 6) is 0.793. The quantitative estimate of drug-likeness (QED) is 0.820. The molecule has 1 saturated heterocycles. The number of amides is 2. The van der Waals surface area contributed by atoms with Crippen molar-refractivity contribution in [1.29, 1.82) is 0 Å². The van der Waals surface area contributed by atoms with Crippen LogP contribution in [0, 0.1) is 5.92 Å². The monoisotopic (exact) mass is 261 g/mol. The lowest BCUT2D eigenvalue weighted by molar-refractivity contribution is 0.179. The molecule has 1 aliphatic rings. The van der Waals surface area contributed by atoms with Gasteiger partial charge >= 0.3 is 6.03 Å². The number of benzene rings is 1. The van der Waals surface area contributed by atoms with E-state index in [0.717, 1.165) is 37.5 Å². The fourth-order valence-corrected chi connectivity index (χ4v) is 2.65. The van der Waals surface area contributed by atoms with Crippen molar-refractivity contribution in [2.24, 2.45) is 5.92 Å². The zero-order valence-electron chi connectivity index (χ0n) is 11.6. The van der Waals surface area contributed by atoms with Gasteiger partial charge in [-0.1, -0.05) is 25.8 Å². The Morgan fingerprint density at radius 3 is 2.79 bits per heavy atom. The van der Waals surface area contributed by atoms with Gasteiger partial charge in [-0.2, -0.15) is 0 Å². The summed E-state index contributed by atoms with van der Waals surface area (Å²) in [4.78, 5) is 14.0. The SMILES string of the molecule is CCCC1CCN(C(=O)Nc2cccc(N)c2)CC1. The normalized spacial score (nSPS) is 16.4. The van der Waals surface area contributed by atoms with Crippen molar-refractivity contribution in [1.82, 2.24) is 4.90 Å². The molecule has 4 heteroatoms. The molecule has 1 aromatic carbocycles. The minimum atomic E-state index is -0.0134. The van der Waals surface area contributed by atoms with Crippen LogP contribution in [-0.4, -0.2) is 24.0 Å². The summed E-state index contributed by atoms with van der Waals surface area (Å²) >= 11 is 0. The summed E-state index contributed by atoms with van der Waals surface area (Å²) < 4.78 is 0. The highest BCUT2D eigenvalue weighted by atomic mass is 16.2. The lowest BCUT2D eigenvalue weighted by Crippen LogP contribution is -2.41. The van der Waals surface area contributed by atoms with Crippen molar-refractivity contribution >= 4 is 17.4 Å². The van der Waals surface area contributed by atoms with E-state index >= 15 is 0 Å². The lowest BCUT2D eigenvalue weighted by Gasteiger charge is -2.31. The highest BCUT2D eigenvalue weighted by Crippen LogP contribution is 2.22. The van der Waals surface area contributed by atoms with Crippen molar-refractivity contribution in [2.45, 2.75) is 32.6 Å². The van der Waals surface area contributed by atoms with Crippen LogP contribution in [0.25, 0.3) is 0 Å². The molecule has 0 atom stereocenters. The van der Waals surface area contributed by atoms with Gasteiger partial charge in [-0.3, -0.25) is 0 Å². The maximum absolute atomic E-state index is 12.1. The van der Waals surface area contributed by atoms with Gasteiger partial charge in [0.1, 0.15) is 0 Å². The minimum Gasteiger partial charge on any atom is -0.399 e. The molecule has 3 N–H and O–H groups in total. The number of hydrogen-bond donors (Lipinski definition) is 2. The molecule has 0 bridgehead atoms. The summed E-state index contributed by atoms with van der Waals surface area (Å²) in [7, 11) is 0. The predicted octanol–water partition coefficient (Wildman–Crippen LogP) is 3.31. The molecule has 104 valence electrons. The Balaban J connectivity index is 1.84. The van der Waals surface area contributed by atoms with Crippen LogP contribution >= 0.6 is 0 Å². The Morgan fingerprint density at radius 2 is 2.16 bits per heavy atom. The van der Waals surface area contributed by atoms with Gasteiger partial charge in [0.15, 0.2) is 0 Å². The van der Waals surface area contributed by atoms with E-state index in [2.05, 4.69) is 12.2 Å². The number of likely N-dealkylation sites (tertiary alicyclic amines) is 1. The molecule has 1 aromatic rings. The molecule has 1 heterocycles. The molecule has 4 nitrogen and oxygen atoms in total. The Morgan fingerprint density at radius 1 is 1.42 bits per heavy atom. The summed E-state index contributed by atoms with van der Waals surface area (Å²) in [5.41, 5.74) is 7.13. The number of nitrogens with zero attached hydrogens (tertiary/aromatic N) is 1. The molecule has 0 unspecified atom stereocenters. The van der Waals surface area contributed by atoms with Gasteiger partial charge in [-0.05, 0) is 37.0 Å². The topological polar surface area (TPSA) is 58.4 Å². The van der Waals surface area contributed by atoms with Crippen LogP contribution in [0.1, 0.15) is 32.6 Å². The van der Waals surface area contributed by atoms with Gasteiger partial charge in [0.25, 0.3) is 0 Å². The molecule has 0 aliphatic carbocycles. The highest BCUT2D eigenvalue weighted by molar-refractivity contribution is 5.89. The average molecular weight is 261 g/mol. The van der Waals surface area contributed by atoms with Crippen molar-refractivity contribution in [3.63, 3.8) is 0 Å². The van der Waals surface area contributed by atoms with E-state index in [9.17, 15) is 4.79 Å². The van der Waals surface area contributed by atoms with E-state index in [1.807, 2.05) is 23.1 Å². The molecule has 1 fully saturated rings. The first kappa shape index (κ1) is 13.7. The van der Waals surface area contributed by atoms with Crippen molar-refractivity contribution < 1.29 is 4.79 Å². The molecule has 0 saturated carbocycles. The first-order valence-electron chi connectivity index (χ1n) is 7.10. The third-order valence-electron chi connectivity index (χ3n) is 3.74. The zero-order chi connectivity index (χ0) is 13.7. The third kappa shape index (κ3) is 3.88. The summed E-state index contributed by atoms with van der Waals surface area (Å²) in [5, 5.41) is 2.91. The number of carbonyl (C=O) groups is 1. The van der Waals surface area contributed by atoms with E-state index in [-0.39, 0.29) is 6.03 Å². The molecule has 0 aromatic heterocycles. The van der Waals surface area contributed by atoms with Crippen LogP contribution in [0.2, 0.25) is 0 Å². The van der Waals surface area contributed by atoms with Crippen molar-refractivity contribution in [3.8, 4) is 0 Å². The summed E-state index contributed by atoms with van der Waals surface area (Å²) in [6, 6.07) is 7.28. The van der Waals surface area contributed by atoms with E-state index in [1.165, 1.54) is 12.8 Å². The predicted molar refractivity (Wildman–Crippen MR) is 79.1 cm³/mol. The fourth-order valence-electron chi connectivity index (χ4n) is 2.65. The zero-order valence-corrected chi connectivity index (χ0v) is 11.6. The molecule has 0 radical (unpaired) electrons. The molecule has 19 heavy (non-hydrogen) atoms. The second kappa shape index (κ2) is 6.45. The van der Waals surface area contributed by atoms with Crippen LogP contribution in [0.15, 0.2) is 24.3 Å². The van der Waals surface area contributed by atoms with Crippen LogP contribution < -0.4 is 11.1 Å². The van der Waals surface area contributed by atoms with Gasteiger partial charge in [0, 0.05) is 24.5 Å². The largest absolute Gasteiger partial charge is 0.399 e. The van der Waals surface area contributed by atoms with Gasteiger partial charge in [-0.15, -0.1) is 0 Å². The van der Waals surface area contributed by atoms with E-state index in [4.69, 9.17) is 5.73 Å². The fraction of sp³-hybridized carbons (Fsp3) is 0.533. The first-order chi connectivity index (χ1) is 9.19. The number of nitrogen functional groups attached to an aromatic ring is 1. The molecule has 1 aliphatic heterocycles. The van der Waals surface area contributed by atoms with Gasteiger partial charge in [-0.25, -0.2) is 4.79 Å². The van der Waals surface area contributed by atoms with E-state index in [1.54, 1.807) is 6.07 Å². The van der Waals surface area contributed by atoms with Crippen LogP contribution in [0.4, 0.5) is 16.2 Å². The number of hydrogen-bond acceptors (Lipinski definition) is 2. The summed E-state index contributed by atoms with van der Waals surface area (Å²) in [6.07, 6.45) is 4.77. The van der Waals surface area contributed by atoms with Crippen LogP contribution in [-0.2, 0) is 0 Å². The average Bonchev–Trinajstić information content (AvgIpc) is 2.40. The molecule has 2 amide bonds. The smallest absolute Gasteiger partial charge is 0.321 e. The number of nitrogens with two attached hydrogens (primary N) is 1. The maximum Gasteiger partial charge on any atom is 0.321 e. The molecular weight excluding hydrogens is 238 g/mol. The Kier molecular flexibility index (Phi) is 4.66. The number of urea groups is 1. The van der Waals surface area contributed by atoms with Gasteiger partial charge in [0.05, 0.1) is 0 Å². The van der Waals surface area contributed by atoms with Crippen molar-refractivity contribution in [3.05, 3.63) is 24.3 Å². The van der Waals surface area contributed by atoms with E-state index < -0.39 is 0 Å². The molecular formula is C15H23N3O. The highest BCUT2D eigenvalue weighted by Gasteiger charge is 2.22. The second-order valence-electron chi connectivity index (χ2n) is 5.27. The van der Waals surface area contributed by atoms with Crippen LogP contribution in [0.5, 0.6) is 0 Å². The maximum atomic E-state index is 12.1. The number of rotatable bonds is 3. The van der Waals surface area contributed by atoms with Gasteiger partial charge < -0.3 is 16.0 Å². The number of piperidine rings is 1. The number of anilines is 2. The lowest BCUT2D eigenvalue weighted by atomic mass is 9.93. The number of carbonyl (C=O) groups excluding carboxylic acids is 1. The van der Waals surface area contributed by atoms with Crippen LogP contribution in [0.3, 0.4) is 0 Å². The third-order valence-corrected chi connectivity index (χ3v) is 3.74. The van der Waals surface area contributed by atoms with E-state index in [0.29, 0.717) is 5.69 Å². The minimum absolute atomic E-state index is 0.0134. The Hall–Kier alpha value is -1.71. The first-order valence-corrected chi connectivity index (χ1v) is 7.10. The van der Waals surface area contributed by atoms with Crippen molar-refractivity contribution in [2.75, 3.05) is 24.1 Å². The standard InChI is InChI=1S/C15H23N3O/c1-2-4-12-7-9-18(10-8-12)15(19)17-14-6-3-5-13(16)11-14/h3,5-6,11-12H,2,4,7-10,16H2,1H3,(H,17,19). The molecule has 0 spiro atoms. The van der Waals surface area contributed by atoms with Gasteiger partial charge in [0.2, 0.25) is 0 Å². The second-order valence-corrected chi connectivity index (χ2v) is 5.27.